The van der Waals surface area contributed by atoms with E-state index >= 15 is 0 Å². The third-order valence-corrected chi connectivity index (χ3v) is 3.14. The average molecular weight is 312 g/mol. The zero-order valence-electron chi connectivity index (χ0n) is 14.0. The molecule has 1 aromatic carbocycles. The number of non-ortho nitro benzene ring substituents is 1. The highest BCUT2D eigenvalue weighted by atomic mass is 16.6. The third-order valence-electron chi connectivity index (χ3n) is 3.14. The minimum Gasteiger partial charge on any atom is -0.388 e. The van der Waals surface area contributed by atoms with Crippen LogP contribution in [0.1, 0.15) is 26.3 Å². The van der Waals surface area contributed by atoms with Crippen LogP contribution in [0.15, 0.2) is 24.4 Å². The van der Waals surface area contributed by atoms with Gasteiger partial charge in [-0.3, -0.25) is 14.8 Å². The summed E-state index contributed by atoms with van der Waals surface area (Å²) < 4.78 is 1.67. The van der Waals surface area contributed by atoms with E-state index in [-0.39, 0.29) is 11.1 Å². The summed E-state index contributed by atoms with van der Waals surface area (Å²) in [5.41, 5.74) is 2.71. The van der Waals surface area contributed by atoms with Crippen LogP contribution in [-0.2, 0) is 7.05 Å². The molecule has 0 atom stereocenters. The minimum atomic E-state index is -0.410. The normalized spacial score (nSPS) is 10.8. The van der Waals surface area contributed by atoms with E-state index in [2.05, 4.69) is 22.3 Å². The maximum Gasteiger partial charge on any atom is 0.270 e. The minimum absolute atomic E-state index is 0.0272. The summed E-state index contributed by atoms with van der Waals surface area (Å²) in [5.74, 6) is 6.32. The summed E-state index contributed by atoms with van der Waals surface area (Å²) in [6, 6.07) is 4.68. The molecular weight excluding hydrogens is 292 g/mol. The van der Waals surface area contributed by atoms with Crippen LogP contribution in [0.4, 0.5) is 11.4 Å². The van der Waals surface area contributed by atoms with Gasteiger partial charge in [-0.05, 0) is 26.8 Å². The number of nitrogens with one attached hydrogen (secondary N) is 1. The summed E-state index contributed by atoms with van der Waals surface area (Å²) in [6.45, 7) is 6.09. The number of aromatic nitrogens is 2. The van der Waals surface area contributed by atoms with Crippen LogP contribution in [0.25, 0.3) is 11.3 Å². The van der Waals surface area contributed by atoms with Gasteiger partial charge in [0.05, 0.1) is 10.5 Å². The van der Waals surface area contributed by atoms with E-state index < -0.39 is 4.92 Å². The molecule has 0 unspecified atom stereocenters. The van der Waals surface area contributed by atoms with Crippen LogP contribution >= 0.6 is 0 Å². The quantitative estimate of drug-likeness (QED) is 0.535. The molecule has 6 nitrogen and oxygen atoms in total. The Kier molecular flexibility index (Phi) is 4.41. The van der Waals surface area contributed by atoms with Gasteiger partial charge in [0, 0.05) is 49.1 Å². The molecule has 0 aliphatic carbocycles. The zero-order chi connectivity index (χ0) is 17.2. The first-order valence-corrected chi connectivity index (χ1v) is 7.24. The predicted octanol–water partition coefficient (Wildman–Crippen LogP) is 3.43. The maximum atomic E-state index is 11.1. The highest BCUT2D eigenvalue weighted by Crippen LogP contribution is 2.32. The van der Waals surface area contributed by atoms with E-state index in [4.69, 9.17) is 0 Å². The van der Waals surface area contributed by atoms with E-state index in [1.54, 1.807) is 17.8 Å². The van der Waals surface area contributed by atoms with Gasteiger partial charge in [-0.2, -0.15) is 5.10 Å². The third kappa shape index (κ3) is 3.89. The summed E-state index contributed by atoms with van der Waals surface area (Å²) >= 11 is 0. The number of nitro groups is 1. The van der Waals surface area contributed by atoms with Crippen LogP contribution in [-0.4, -0.2) is 21.8 Å². The van der Waals surface area contributed by atoms with Crippen LogP contribution in [0.2, 0.25) is 0 Å². The first-order chi connectivity index (χ1) is 10.7. The monoisotopic (exact) mass is 312 g/mol. The largest absolute Gasteiger partial charge is 0.388 e. The van der Waals surface area contributed by atoms with Gasteiger partial charge in [-0.1, -0.05) is 11.8 Å². The van der Waals surface area contributed by atoms with E-state index in [1.165, 1.54) is 12.1 Å². The van der Waals surface area contributed by atoms with Crippen molar-refractivity contribution in [2.75, 3.05) is 12.4 Å². The first kappa shape index (κ1) is 16.6. The lowest BCUT2D eigenvalue weighted by Gasteiger charge is -2.08. The lowest BCUT2D eigenvalue weighted by Crippen LogP contribution is -1.99. The van der Waals surface area contributed by atoms with Crippen molar-refractivity contribution in [1.29, 1.82) is 0 Å². The second kappa shape index (κ2) is 6.13. The Hall–Kier alpha value is -2.81. The number of nitrogens with zero attached hydrogens (tertiary/aromatic N) is 3. The van der Waals surface area contributed by atoms with Crippen LogP contribution < -0.4 is 5.32 Å². The number of anilines is 1. The van der Waals surface area contributed by atoms with Crippen molar-refractivity contribution in [3.8, 4) is 23.1 Å². The Morgan fingerprint density at radius 3 is 2.61 bits per heavy atom. The number of benzene rings is 1. The van der Waals surface area contributed by atoms with Crippen molar-refractivity contribution in [2.45, 2.75) is 20.8 Å². The van der Waals surface area contributed by atoms with Crippen LogP contribution in [0, 0.1) is 27.4 Å². The first-order valence-electron chi connectivity index (χ1n) is 7.24. The molecule has 6 heteroatoms. The molecule has 0 radical (unpaired) electrons. The smallest absolute Gasteiger partial charge is 0.270 e. The lowest BCUT2D eigenvalue weighted by atomic mass is 9.97. The topological polar surface area (TPSA) is 73.0 Å². The number of aryl methyl sites for hydroxylation is 1. The van der Waals surface area contributed by atoms with Gasteiger partial charge in [0.2, 0.25) is 0 Å². The van der Waals surface area contributed by atoms with Gasteiger partial charge in [-0.15, -0.1) is 0 Å². The number of hydrogen-bond donors (Lipinski definition) is 1. The van der Waals surface area contributed by atoms with Gasteiger partial charge < -0.3 is 5.32 Å². The highest BCUT2D eigenvalue weighted by molar-refractivity contribution is 5.81. The van der Waals surface area contributed by atoms with Crippen molar-refractivity contribution in [1.82, 2.24) is 9.78 Å². The van der Waals surface area contributed by atoms with Crippen molar-refractivity contribution in [2.24, 2.45) is 12.5 Å². The average Bonchev–Trinajstić information content (AvgIpc) is 2.84. The standard InChI is InChI=1S/C17H20N4O2/c1-17(2,3)9-8-12-11-20(5)19-16(12)14-10-13(21(22)23)6-7-15(14)18-4/h6-7,10-11,18H,1-5H3. The molecule has 0 saturated heterocycles. The van der Waals surface area contributed by atoms with Gasteiger partial charge in [0.15, 0.2) is 0 Å². The fraction of sp³-hybridized carbons (Fsp3) is 0.353. The van der Waals surface area contributed by atoms with Crippen LogP contribution in [0.3, 0.4) is 0 Å². The molecule has 0 bridgehead atoms. The summed E-state index contributed by atoms with van der Waals surface area (Å²) in [6.07, 6.45) is 1.83. The molecule has 23 heavy (non-hydrogen) atoms. The predicted molar refractivity (Wildman–Crippen MR) is 91.2 cm³/mol. The lowest BCUT2D eigenvalue weighted by molar-refractivity contribution is -0.384. The molecule has 0 fully saturated rings. The Morgan fingerprint density at radius 2 is 2.04 bits per heavy atom. The van der Waals surface area contributed by atoms with E-state index in [1.807, 2.05) is 34.0 Å². The van der Waals surface area contributed by atoms with Gasteiger partial charge in [-0.25, -0.2) is 0 Å². The summed E-state index contributed by atoms with van der Waals surface area (Å²) in [5, 5.41) is 18.6. The molecule has 120 valence electrons. The van der Waals surface area contributed by atoms with Crippen LogP contribution in [0.5, 0.6) is 0 Å². The molecule has 0 spiro atoms. The molecule has 0 aliphatic rings. The number of hydrogen-bond acceptors (Lipinski definition) is 4. The molecule has 2 aromatic rings. The molecular formula is C17H20N4O2. The van der Waals surface area contributed by atoms with E-state index in [0.717, 1.165) is 11.3 Å². The van der Waals surface area contributed by atoms with Crippen molar-refractivity contribution >= 4 is 11.4 Å². The second-order valence-corrected chi connectivity index (χ2v) is 6.30. The molecule has 0 amide bonds. The SMILES string of the molecule is CNc1ccc([N+](=O)[O-])cc1-c1nn(C)cc1C#CC(C)(C)C. The van der Waals surface area contributed by atoms with Crippen molar-refractivity contribution in [3.05, 3.63) is 40.1 Å². The fourth-order valence-corrected chi connectivity index (χ4v) is 2.09. The Bertz CT molecular complexity index is 804. The maximum absolute atomic E-state index is 11.1. The van der Waals surface area contributed by atoms with Gasteiger partial charge in [0.25, 0.3) is 5.69 Å². The molecule has 0 saturated carbocycles. The van der Waals surface area contributed by atoms with E-state index in [9.17, 15) is 10.1 Å². The summed E-state index contributed by atoms with van der Waals surface area (Å²) in [7, 11) is 3.58. The van der Waals surface area contributed by atoms with Gasteiger partial charge in [0.1, 0.15) is 5.69 Å². The van der Waals surface area contributed by atoms with Crippen molar-refractivity contribution < 1.29 is 4.92 Å². The zero-order valence-corrected chi connectivity index (χ0v) is 14.0. The molecule has 1 heterocycles. The number of nitro benzene ring substituents is 1. The van der Waals surface area contributed by atoms with E-state index in [0.29, 0.717) is 11.3 Å². The van der Waals surface area contributed by atoms with Crippen molar-refractivity contribution in [3.63, 3.8) is 0 Å². The molecule has 1 N–H and O–H groups in total. The van der Waals surface area contributed by atoms with Gasteiger partial charge >= 0.3 is 0 Å². The highest BCUT2D eigenvalue weighted by Gasteiger charge is 2.17. The molecule has 2 rings (SSSR count). The fourth-order valence-electron chi connectivity index (χ4n) is 2.09. The second-order valence-electron chi connectivity index (χ2n) is 6.30. The Labute approximate surface area is 135 Å². The Balaban J connectivity index is 2.64. The number of rotatable bonds is 3. The summed E-state index contributed by atoms with van der Waals surface area (Å²) in [4.78, 5) is 10.7. The Morgan fingerprint density at radius 1 is 1.35 bits per heavy atom. The molecule has 0 aliphatic heterocycles. The molecule has 1 aromatic heterocycles.